The van der Waals surface area contributed by atoms with Crippen LogP contribution in [-0.2, 0) is 0 Å². The Hall–Kier alpha value is 0. The fourth-order valence-electron chi connectivity index (χ4n) is 7.11. The third-order valence-corrected chi connectivity index (χ3v) is 10.4. The van der Waals surface area contributed by atoms with Gasteiger partial charge >= 0.3 is 0 Å². The van der Waals surface area contributed by atoms with E-state index >= 15 is 0 Å². The van der Waals surface area contributed by atoms with Gasteiger partial charge in [-0.25, -0.2) is 0 Å². The van der Waals surface area contributed by atoms with Gasteiger partial charge in [0, 0.05) is 0 Å². The van der Waals surface area contributed by atoms with Crippen molar-refractivity contribution in [3.63, 3.8) is 0 Å². The van der Waals surface area contributed by atoms with Crippen molar-refractivity contribution in [1.29, 1.82) is 0 Å². The average molecular weight is 605 g/mol. The minimum Gasteiger partial charge on any atom is -0.0654 e. The maximum atomic E-state index is 2.52. The third kappa shape index (κ3) is 40.0. The van der Waals surface area contributed by atoms with E-state index in [-0.39, 0.29) is 0 Å². The van der Waals surface area contributed by atoms with Gasteiger partial charge in [-0.15, -0.1) is 0 Å². The van der Waals surface area contributed by atoms with Gasteiger partial charge < -0.3 is 0 Å². The Morgan fingerprint density at radius 1 is 0.209 bits per heavy atom. The third-order valence-electron chi connectivity index (χ3n) is 10.4. The molecule has 0 saturated heterocycles. The van der Waals surface area contributed by atoms with Crippen LogP contribution in [0.3, 0.4) is 0 Å². The van der Waals surface area contributed by atoms with Crippen LogP contribution < -0.4 is 0 Å². The van der Waals surface area contributed by atoms with Crippen LogP contribution in [0.2, 0.25) is 0 Å². The molecule has 0 N–H and O–H groups in total. The molecule has 43 heavy (non-hydrogen) atoms. The summed E-state index contributed by atoms with van der Waals surface area (Å²) < 4.78 is 0. The molecule has 1 atom stereocenters. The molecule has 1 unspecified atom stereocenters. The van der Waals surface area contributed by atoms with Crippen LogP contribution in [0.25, 0.3) is 0 Å². The molecule has 0 aromatic rings. The molecule has 0 nitrogen and oxygen atoms in total. The topological polar surface area (TPSA) is 0 Å². The second-order valence-corrected chi connectivity index (χ2v) is 15.1. The normalized spacial score (nSPS) is 12.3. The zero-order chi connectivity index (χ0) is 31.2. The molecule has 0 amide bonds. The van der Waals surface area contributed by atoms with E-state index in [1.165, 1.54) is 250 Å². The van der Waals surface area contributed by atoms with Crippen molar-refractivity contribution in [3.8, 4) is 0 Å². The summed E-state index contributed by atoms with van der Waals surface area (Å²) in [6, 6.07) is 0. The standard InChI is InChI=1S/C43H88/c1-4-6-8-10-12-14-16-18-20-22-24-26-28-30-32-34-36-38-40-42-43(3)41-39-37-35-33-31-29-27-25-23-21-19-17-15-13-11-9-7-5-2/h43H,4-42H2,1-3H3. The van der Waals surface area contributed by atoms with Crippen molar-refractivity contribution in [2.45, 2.75) is 271 Å². The Balaban J connectivity index is 3.13. The molecule has 0 aromatic carbocycles. The van der Waals surface area contributed by atoms with Crippen molar-refractivity contribution < 1.29 is 0 Å². The zero-order valence-corrected chi connectivity index (χ0v) is 31.2. The van der Waals surface area contributed by atoms with E-state index < -0.39 is 0 Å². The van der Waals surface area contributed by atoms with E-state index in [2.05, 4.69) is 20.8 Å². The zero-order valence-electron chi connectivity index (χ0n) is 31.2. The Morgan fingerprint density at radius 3 is 0.512 bits per heavy atom. The lowest BCUT2D eigenvalue weighted by Gasteiger charge is -2.11. The van der Waals surface area contributed by atoms with E-state index in [1.807, 2.05) is 0 Å². The summed E-state index contributed by atoms with van der Waals surface area (Å²) in [7, 11) is 0. The maximum absolute atomic E-state index is 2.52. The van der Waals surface area contributed by atoms with E-state index in [9.17, 15) is 0 Å². The van der Waals surface area contributed by atoms with E-state index in [0.717, 1.165) is 5.92 Å². The van der Waals surface area contributed by atoms with Crippen LogP contribution in [0.15, 0.2) is 0 Å². The van der Waals surface area contributed by atoms with E-state index in [1.54, 1.807) is 0 Å². The van der Waals surface area contributed by atoms with Gasteiger partial charge in [0.15, 0.2) is 0 Å². The maximum Gasteiger partial charge on any atom is -0.0443 e. The molecule has 0 aromatic heterocycles. The predicted octanol–water partition coefficient (Wildman–Crippen LogP) is 16.9. The Bertz CT molecular complexity index is 453. The number of unbranched alkanes of at least 4 members (excludes halogenated alkanes) is 35. The first-order chi connectivity index (χ1) is 21.3. The summed E-state index contributed by atoms with van der Waals surface area (Å²) in [5.41, 5.74) is 0. The molecule has 0 aliphatic carbocycles. The molecule has 0 aliphatic heterocycles. The van der Waals surface area contributed by atoms with Gasteiger partial charge in [-0.3, -0.25) is 0 Å². The molecule has 0 radical (unpaired) electrons. The van der Waals surface area contributed by atoms with Gasteiger partial charge in [0.05, 0.1) is 0 Å². The van der Waals surface area contributed by atoms with Crippen LogP contribution in [0.5, 0.6) is 0 Å². The summed E-state index contributed by atoms with van der Waals surface area (Å²) in [6.45, 7) is 7.14. The van der Waals surface area contributed by atoms with E-state index in [0.29, 0.717) is 0 Å². The van der Waals surface area contributed by atoms with Crippen molar-refractivity contribution in [2.24, 2.45) is 5.92 Å². The Labute approximate surface area is 276 Å². The first-order valence-corrected chi connectivity index (χ1v) is 21.3. The summed E-state index contributed by atoms with van der Waals surface area (Å²) >= 11 is 0. The molecular formula is C43H88. The molecular weight excluding hydrogens is 516 g/mol. The van der Waals surface area contributed by atoms with Gasteiger partial charge in [-0.1, -0.05) is 271 Å². The van der Waals surface area contributed by atoms with Gasteiger partial charge in [-0.05, 0) is 5.92 Å². The van der Waals surface area contributed by atoms with E-state index in [4.69, 9.17) is 0 Å². The van der Waals surface area contributed by atoms with Crippen molar-refractivity contribution in [1.82, 2.24) is 0 Å². The fraction of sp³-hybridized carbons (Fsp3) is 1.00. The fourth-order valence-corrected chi connectivity index (χ4v) is 7.11. The second kappa shape index (κ2) is 40.0. The van der Waals surface area contributed by atoms with Crippen LogP contribution in [-0.4, -0.2) is 0 Å². The lowest BCUT2D eigenvalue weighted by molar-refractivity contribution is 0.429. The summed E-state index contributed by atoms with van der Waals surface area (Å²) in [4.78, 5) is 0. The minimum atomic E-state index is 0.965. The van der Waals surface area contributed by atoms with Gasteiger partial charge in [-0.2, -0.15) is 0 Å². The second-order valence-electron chi connectivity index (χ2n) is 15.1. The molecule has 260 valence electrons. The van der Waals surface area contributed by atoms with Crippen molar-refractivity contribution >= 4 is 0 Å². The molecule has 0 heteroatoms. The smallest absolute Gasteiger partial charge is 0.0443 e. The van der Waals surface area contributed by atoms with Crippen LogP contribution in [0, 0.1) is 5.92 Å². The highest BCUT2D eigenvalue weighted by atomic mass is 14.1. The summed E-state index contributed by atoms with van der Waals surface area (Å²) in [5.74, 6) is 0.965. The van der Waals surface area contributed by atoms with Gasteiger partial charge in [0.1, 0.15) is 0 Å². The van der Waals surface area contributed by atoms with Gasteiger partial charge in [0.2, 0.25) is 0 Å². The number of hydrogen-bond acceptors (Lipinski definition) is 0. The van der Waals surface area contributed by atoms with Crippen LogP contribution in [0.1, 0.15) is 271 Å². The molecule has 0 aliphatic rings. The summed E-state index contributed by atoms with van der Waals surface area (Å²) in [6.07, 6.45) is 57.7. The monoisotopic (exact) mass is 605 g/mol. The van der Waals surface area contributed by atoms with Gasteiger partial charge in [0.25, 0.3) is 0 Å². The largest absolute Gasteiger partial charge is 0.0654 e. The SMILES string of the molecule is CCCCCCCCCCCCCCCCCCCCCC(C)CCCCCCCCCCCCCCCCCCCC. The van der Waals surface area contributed by atoms with Crippen LogP contribution in [0.4, 0.5) is 0 Å². The van der Waals surface area contributed by atoms with Crippen molar-refractivity contribution in [2.75, 3.05) is 0 Å². The van der Waals surface area contributed by atoms with Crippen molar-refractivity contribution in [3.05, 3.63) is 0 Å². The highest BCUT2D eigenvalue weighted by molar-refractivity contribution is 4.57. The molecule has 0 heterocycles. The Kier molecular flexibility index (Phi) is 40.0. The molecule has 0 rings (SSSR count). The quantitative estimate of drug-likeness (QED) is 0.0612. The first kappa shape index (κ1) is 43.0. The highest BCUT2D eigenvalue weighted by Gasteiger charge is 2.03. The number of rotatable bonds is 39. The molecule has 0 spiro atoms. The first-order valence-electron chi connectivity index (χ1n) is 21.3. The lowest BCUT2D eigenvalue weighted by Crippen LogP contribution is -1.95. The molecule has 0 bridgehead atoms. The van der Waals surface area contributed by atoms with Crippen LogP contribution >= 0.6 is 0 Å². The summed E-state index contributed by atoms with van der Waals surface area (Å²) in [5, 5.41) is 0. The lowest BCUT2D eigenvalue weighted by atomic mass is 9.95. The predicted molar refractivity (Wildman–Crippen MR) is 201 cm³/mol. The Morgan fingerprint density at radius 2 is 0.349 bits per heavy atom. The molecule has 0 fully saturated rings. The molecule has 0 saturated carbocycles. The minimum absolute atomic E-state index is 0.965. The number of hydrogen-bond donors (Lipinski definition) is 0. The highest BCUT2D eigenvalue weighted by Crippen LogP contribution is 2.20. The average Bonchev–Trinajstić information content (AvgIpc) is 3.01.